The van der Waals surface area contributed by atoms with E-state index in [1.807, 2.05) is 6.92 Å². The molecule has 0 aliphatic rings. The molecule has 1 aromatic heterocycles. The average molecular weight is 280 g/mol. The van der Waals surface area contributed by atoms with Crippen LogP contribution in [0.5, 0.6) is 0 Å². The number of halogens is 2. The first kappa shape index (κ1) is 14.0. The van der Waals surface area contributed by atoms with E-state index in [1.54, 1.807) is 17.7 Å². The van der Waals surface area contributed by atoms with E-state index in [9.17, 15) is 13.6 Å². The lowest BCUT2D eigenvalue weighted by Gasteiger charge is -2.09. The lowest BCUT2D eigenvalue weighted by atomic mass is 10.3. The molecular formula is C13H14F2N4O. The second-order valence-corrected chi connectivity index (χ2v) is 4.19. The zero-order valence-corrected chi connectivity index (χ0v) is 11.1. The highest BCUT2D eigenvalue weighted by molar-refractivity contribution is 5.99. The SMILES string of the molecule is CCn1nc(C)cc1NC(=O)Nc1ccc(F)cc1F. The number of benzene rings is 1. The fourth-order valence-corrected chi connectivity index (χ4v) is 1.75. The summed E-state index contributed by atoms with van der Waals surface area (Å²) in [6.07, 6.45) is 0. The Morgan fingerprint density at radius 2 is 2.05 bits per heavy atom. The standard InChI is InChI=1S/C13H14F2N4O/c1-3-19-12(6-8(2)18-19)17-13(20)16-11-5-4-9(14)7-10(11)15/h4-7H,3H2,1-2H3,(H2,16,17,20). The minimum atomic E-state index is -0.833. The quantitative estimate of drug-likeness (QED) is 0.907. The van der Waals surface area contributed by atoms with Gasteiger partial charge < -0.3 is 5.32 Å². The number of aromatic nitrogens is 2. The van der Waals surface area contributed by atoms with Gasteiger partial charge in [0.2, 0.25) is 0 Å². The van der Waals surface area contributed by atoms with Crippen molar-refractivity contribution < 1.29 is 13.6 Å². The van der Waals surface area contributed by atoms with Gasteiger partial charge in [0.25, 0.3) is 0 Å². The summed E-state index contributed by atoms with van der Waals surface area (Å²) in [4.78, 5) is 11.8. The predicted octanol–water partition coefficient (Wildman–Crippen LogP) is 3.13. The van der Waals surface area contributed by atoms with Crippen LogP contribution in [0.1, 0.15) is 12.6 Å². The van der Waals surface area contributed by atoms with Gasteiger partial charge in [-0.2, -0.15) is 5.10 Å². The van der Waals surface area contributed by atoms with Crippen molar-refractivity contribution in [2.45, 2.75) is 20.4 Å². The second kappa shape index (κ2) is 5.68. The van der Waals surface area contributed by atoms with Crippen molar-refractivity contribution in [3.8, 4) is 0 Å². The number of aryl methyl sites for hydroxylation is 2. The number of nitrogens with zero attached hydrogens (tertiary/aromatic N) is 2. The Balaban J connectivity index is 2.09. The molecule has 0 unspecified atom stereocenters. The Morgan fingerprint density at radius 3 is 2.70 bits per heavy atom. The van der Waals surface area contributed by atoms with Crippen molar-refractivity contribution in [2.24, 2.45) is 0 Å². The Morgan fingerprint density at radius 1 is 1.30 bits per heavy atom. The molecule has 0 saturated carbocycles. The van der Waals surface area contributed by atoms with E-state index in [1.165, 1.54) is 0 Å². The average Bonchev–Trinajstić information content (AvgIpc) is 2.73. The fraction of sp³-hybridized carbons (Fsp3) is 0.231. The summed E-state index contributed by atoms with van der Waals surface area (Å²) in [5.74, 6) is -1.03. The van der Waals surface area contributed by atoms with E-state index < -0.39 is 17.7 Å². The third-order valence-electron chi connectivity index (χ3n) is 2.62. The molecule has 0 aliphatic carbocycles. The van der Waals surface area contributed by atoms with Crippen LogP contribution in [0.3, 0.4) is 0 Å². The molecule has 1 heterocycles. The minimum absolute atomic E-state index is 0.0943. The largest absolute Gasteiger partial charge is 0.324 e. The molecule has 0 saturated heterocycles. The number of anilines is 2. The molecule has 1 aromatic carbocycles. The van der Waals surface area contributed by atoms with Crippen molar-refractivity contribution in [1.29, 1.82) is 0 Å². The molecular weight excluding hydrogens is 266 g/mol. The van der Waals surface area contributed by atoms with E-state index in [0.29, 0.717) is 18.4 Å². The van der Waals surface area contributed by atoms with Crippen LogP contribution in [0, 0.1) is 18.6 Å². The summed E-state index contributed by atoms with van der Waals surface area (Å²) in [6.45, 7) is 4.28. The number of rotatable bonds is 3. The molecule has 0 bridgehead atoms. The number of carbonyl (C=O) groups excluding carboxylic acids is 1. The third kappa shape index (κ3) is 3.11. The van der Waals surface area contributed by atoms with Gasteiger partial charge in [-0.3, -0.25) is 5.32 Å². The summed E-state index contributed by atoms with van der Waals surface area (Å²) in [5, 5.41) is 9.05. The molecule has 0 atom stereocenters. The fourth-order valence-electron chi connectivity index (χ4n) is 1.75. The Kier molecular flexibility index (Phi) is 3.97. The van der Waals surface area contributed by atoms with Gasteiger partial charge in [-0.1, -0.05) is 0 Å². The van der Waals surface area contributed by atoms with Crippen molar-refractivity contribution >= 4 is 17.5 Å². The first-order valence-corrected chi connectivity index (χ1v) is 6.07. The number of amides is 2. The van der Waals surface area contributed by atoms with Crippen molar-refractivity contribution in [3.63, 3.8) is 0 Å². The molecule has 2 rings (SSSR count). The summed E-state index contributed by atoms with van der Waals surface area (Å²) in [6, 6.07) is 4.01. The highest BCUT2D eigenvalue weighted by Crippen LogP contribution is 2.16. The summed E-state index contributed by atoms with van der Waals surface area (Å²) >= 11 is 0. The number of urea groups is 1. The van der Waals surface area contributed by atoms with Gasteiger partial charge in [0, 0.05) is 18.7 Å². The highest BCUT2D eigenvalue weighted by atomic mass is 19.1. The zero-order chi connectivity index (χ0) is 14.7. The maximum absolute atomic E-state index is 13.4. The van der Waals surface area contributed by atoms with Gasteiger partial charge in [-0.05, 0) is 26.0 Å². The van der Waals surface area contributed by atoms with Crippen LogP contribution < -0.4 is 10.6 Å². The van der Waals surface area contributed by atoms with E-state index in [2.05, 4.69) is 15.7 Å². The van der Waals surface area contributed by atoms with Gasteiger partial charge in [-0.25, -0.2) is 18.3 Å². The summed E-state index contributed by atoms with van der Waals surface area (Å²) in [7, 11) is 0. The predicted molar refractivity (Wildman–Crippen MR) is 71.6 cm³/mol. The second-order valence-electron chi connectivity index (χ2n) is 4.19. The molecule has 2 amide bonds. The van der Waals surface area contributed by atoms with Crippen LogP contribution in [-0.4, -0.2) is 15.8 Å². The monoisotopic (exact) mass is 280 g/mol. The van der Waals surface area contributed by atoms with Crippen LogP contribution in [0.15, 0.2) is 24.3 Å². The lowest BCUT2D eigenvalue weighted by molar-refractivity contribution is 0.262. The van der Waals surface area contributed by atoms with Crippen LogP contribution in [0.2, 0.25) is 0 Å². The van der Waals surface area contributed by atoms with Gasteiger partial charge in [0.15, 0.2) is 0 Å². The zero-order valence-electron chi connectivity index (χ0n) is 11.1. The van der Waals surface area contributed by atoms with Crippen LogP contribution >= 0.6 is 0 Å². The maximum Gasteiger partial charge on any atom is 0.324 e. The van der Waals surface area contributed by atoms with Gasteiger partial charge in [-0.15, -0.1) is 0 Å². The third-order valence-corrected chi connectivity index (χ3v) is 2.62. The van der Waals surface area contributed by atoms with Gasteiger partial charge in [0.05, 0.1) is 11.4 Å². The first-order valence-electron chi connectivity index (χ1n) is 6.07. The topological polar surface area (TPSA) is 59.0 Å². The van der Waals surface area contributed by atoms with E-state index in [0.717, 1.165) is 17.8 Å². The van der Waals surface area contributed by atoms with Crippen molar-refractivity contribution in [1.82, 2.24) is 9.78 Å². The normalized spacial score (nSPS) is 10.4. The van der Waals surface area contributed by atoms with Crippen molar-refractivity contribution in [3.05, 3.63) is 41.6 Å². The smallest absolute Gasteiger partial charge is 0.305 e. The highest BCUT2D eigenvalue weighted by Gasteiger charge is 2.11. The van der Waals surface area contributed by atoms with Gasteiger partial charge >= 0.3 is 6.03 Å². The number of hydrogen-bond acceptors (Lipinski definition) is 2. The molecule has 0 aliphatic heterocycles. The Bertz CT molecular complexity index is 639. The molecule has 2 N–H and O–H groups in total. The van der Waals surface area contributed by atoms with Crippen molar-refractivity contribution in [2.75, 3.05) is 10.6 Å². The number of hydrogen-bond donors (Lipinski definition) is 2. The summed E-state index contributed by atoms with van der Waals surface area (Å²) < 4.78 is 27.8. The Hall–Kier alpha value is -2.44. The number of carbonyl (C=O) groups is 1. The van der Waals surface area contributed by atoms with Crippen LogP contribution in [0.4, 0.5) is 25.1 Å². The first-order chi connectivity index (χ1) is 9.49. The molecule has 2 aromatic rings. The molecule has 106 valence electrons. The van der Waals surface area contributed by atoms with E-state index in [4.69, 9.17) is 0 Å². The van der Waals surface area contributed by atoms with Crippen LogP contribution in [0.25, 0.3) is 0 Å². The van der Waals surface area contributed by atoms with Gasteiger partial charge in [0.1, 0.15) is 17.5 Å². The van der Waals surface area contributed by atoms with Crippen LogP contribution in [-0.2, 0) is 6.54 Å². The van der Waals surface area contributed by atoms with E-state index in [-0.39, 0.29) is 5.69 Å². The minimum Gasteiger partial charge on any atom is -0.305 e. The molecule has 0 radical (unpaired) electrons. The number of nitrogens with one attached hydrogen (secondary N) is 2. The lowest BCUT2D eigenvalue weighted by Crippen LogP contribution is -2.22. The maximum atomic E-state index is 13.4. The molecule has 7 heteroatoms. The molecule has 5 nitrogen and oxygen atoms in total. The van der Waals surface area contributed by atoms with E-state index >= 15 is 0 Å². The molecule has 0 spiro atoms. The molecule has 0 fully saturated rings. The molecule has 20 heavy (non-hydrogen) atoms. The Labute approximate surface area is 114 Å². The summed E-state index contributed by atoms with van der Waals surface area (Å²) in [5.41, 5.74) is 0.665.